The number of hydrogen-bond donors (Lipinski definition) is 1. The lowest BCUT2D eigenvalue weighted by Crippen LogP contribution is -2.39. The van der Waals surface area contributed by atoms with Gasteiger partial charge < -0.3 is 15.0 Å². The van der Waals surface area contributed by atoms with Crippen LogP contribution in [-0.2, 0) is 32.6 Å². The van der Waals surface area contributed by atoms with Gasteiger partial charge in [0.2, 0.25) is 11.8 Å². The maximum atomic E-state index is 12.6. The molecule has 2 aliphatic heterocycles. The number of rotatable bonds is 7. The summed E-state index contributed by atoms with van der Waals surface area (Å²) in [5, 5.41) is 2.90. The van der Waals surface area contributed by atoms with Gasteiger partial charge in [0.1, 0.15) is 12.4 Å². The first-order chi connectivity index (χ1) is 14.9. The van der Waals surface area contributed by atoms with Crippen LogP contribution in [0, 0.1) is 5.92 Å². The van der Waals surface area contributed by atoms with E-state index < -0.39 is 15.8 Å². The molecule has 2 aromatic rings. The van der Waals surface area contributed by atoms with E-state index in [-0.39, 0.29) is 42.3 Å². The molecule has 8 heteroatoms. The fourth-order valence-corrected chi connectivity index (χ4v) is 5.83. The van der Waals surface area contributed by atoms with Gasteiger partial charge in [0.05, 0.1) is 17.4 Å². The van der Waals surface area contributed by atoms with E-state index in [2.05, 4.69) is 5.32 Å². The first kappa shape index (κ1) is 21.4. The minimum Gasteiger partial charge on any atom is -0.489 e. The van der Waals surface area contributed by atoms with E-state index in [0.29, 0.717) is 19.6 Å². The number of sulfone groups is 1. The van der Waals surface area contributed by atoms with E-state index in [0.717, 1.165) is 16.9 Å². The van der Waals surface area contributed by atoms with E-state index in [1.54, 1.807) is 4.90 Å². The number of nitrogens with one attached hydrogen (secondary N) is 1. The van der Waals surface area contributed by atoms with E-state index in [9.17, 15) is 18.0 Å². The van der Waals surface area contributed by atoms with Gasteiger partial charge in [-0.05, 0) is 29.7 Å². The van der Waals surface area contributed by atoms with Gasteiger partial charge in [-0.2, -0.15) is 0 Å². The lowest BCUT2D eigenvalue weighted by atomic mass is 10.1. The molecule has 0 unspecified atom stereocenters. The number of benzene rings is 2. The molecular formula is C23H26N2O5S. The summed E-state index contributed by atoms with van der Waals surface area (Å²) in [5.74, 6) is 0.0589. The lowest BCUT2D eigenvalue weighted by molar-refractivity contribution is -0.130. The van der Waals surface area contributed by atoms with Crippen molar-refractivity contribution in [1.29, 1.82) is 0 Å². The van der Waals surface area contributed by atoms with Crippen LogP contribution in [0.2, 0.25) is 0 Å². The van der Waals surface area contributed by atoms with Crippen molar-refractivity contribution in [2.45, 2.75) is 32.0 Å². The van der Waals surface area contributed by atoms with Crippen molar-refractivity contribution in [2.24, 2.45) is 5.92 Å². The van der Waals surface area contributed by atoms with Gasteiger partial charge in [-0.25, -0.2) is 8.42 Å². The maximum absolute atomic E-state index is 12.6. The molecule has 31 heavy (non-hydrogen) atoms. The molecule has 0 radical (unpaired) electrons. The molecule has 164 valence electrons. The number of amides is 2. The fourth-order valence-electron chi connectivity index (χ4n) is 4.10. The topological polar surface area (TPSA) is 92.8 Å². The summed E-state index contributed by atoms with van der Waals surface area (Å²) in [7, 11) is -3.07. The Kier molecular flexibility index (Phi) is 6.27. The van der Waals surface area contributed by atoms with Crippen LogP contribution in [0.4, 0.5) is 0 Å². The molecule has 2 saturated heterocycles. The predicted molar refractivity (Wildman–Crippen MR) is 116 cm³/mol. The summed E-state index contributed by atoms with van der Waals surface area (Å²) in [6.45, 7) is 1.09. The smallest absolute Gasteiger partial charge is 0.225 e. The Labute approximate surface area is 182 Å². The second-order valence-electron chi connectivity index (χ2n) is 8.14. The summed E-state index contributed by atoms with van der Waals surface area (Å²) in [6, 6.07) is 17.1. The van der Waals surface area contributed by atoms with Gasteiger partial charge in [-0.3, -0.25) is 9.59 Å². The van der Waals surface area contributed by atoms with E-state index in [1.165, 1.54) is 0 Å². The average molecular weight is 443 g/mol. The molecule has 2 aliphatic rings. The van der Waals surface area contributed by atoms with Gasteiger partial charge in [0.15, 0.2) is 9.84 Å². The highest BCUT2D eigenvalue weighted by molar-refractivity contribution is 7.91. The SMILES string of the molecule is O=C(NCc1cccc(OCc2ccccc2)c1)[C@H]1CC(=O)N([C@H]2CCS(=O)(=O)C2)C1. The third-order valence-corrected chi connectivity index (χ3v) is 7.54. The van der Waals surface area contributed by atoms with Crippen LogP contribution in [0.3, 0.4) is 0 Å². The van der Waals surface area contributed by atoms with Gasteiger partial charge in [0, 0.05) is 25.6 Å². The molecular weight excluding hydrogens is 416 g/mol. The number of nitrogens with zero attached hydrogens (tertiary/aromatic N) is 1. The highest BCUT2D eigenvalue weighted by Gasteiger charge is 2.41. The average Bonchev–Trinajstić information content (AvgIpc) is 3.33. The Hall–Kier alpha value is -2.87. The number of carbonyl (C=O) groups is 2. The standard InChI is InChI=1S/C23H26N2O5S/c26-22-12-19(14-25(22)20-9-10-31(28,29)16-20)23(27)24-13-18-7-4-8-21(11-18)30-15-17-5-2-1-3-6-17/h1-8,11,19-20H,9-10,12-16H2,(H,24,27)/t19-,20-/m0/s1. The van der Waals surface area contributed by atoms with Crippen molar-refractivity contribution in [2.75, 3.05) is 18.1 Å². The first-order valence-electron chi connectivity index (χ1n) is 10.4. The highest BCUT2D eigenvalue weighted by Crippen LogP contribution is 2.26. The van der Waals surface area contributed by atoms with Crippen molar-refractivity contribution in [1.82, 2.24) is 10.2 Å². The fraction of sp³-hybridized carbons (Fsp3) is 0.391. The summed E-state index contributed by atoms with van der Waals surface area (Å²) in [6.07, 6.45) is 0.584. The van der Waals surface area contributed by atoms with Gasteiger partial charge >= 0.3 is 0 Å². The Bertz CT molecular complexity index is 1050. The minimum absolute atomic E-state index is 0.00283. The van der Waals surface area contributed by atoms with Crippen molar-refractivity contribution in [3.05, 3.63) is 65.7 Å². The van der Waals surface area contributed by atoms with Crippen molar-refractivity contribution in [3.8, 4) is 5.75 Å². The predicted octanol–water partition coefficient (Wildman–Crippen LogP) is 1.92. The van der Waals surface area contributed by atoms with Gasteiger partial charge in [-0.1, -0.05) is 42.5 Å². The van der Waals surface area contributed by atoms with Crippen LogP contribution in [0.25, 0.3) is 0 Å². The number of ether oxygens (including phenoxy) is 1. The van der Waals surface area contributed by atoms with E-state index in [1.807, 2.05) is 54.6 Å². The van der Waals surface area contributed by atoms with Crippen LogP contribution in [0.15, 0.2) is 54.6 Å². The number of hydrogen-bond acceptors (Lipinski definition) is 5. The monoisotopic (exact) mass is 442 g/mol. The molecule has 0 spiro atoms. The molecule has 2 atom stereocenters. The third-order valence-electron chi connectivity index (χ3n) is 5.79. The first-order valence-corrected chi connectivity index (χ1v) is 12.2. The summed E-state index contributed by atoms with van der Waals surface area (Å²) in [5.41, 5.74) is 1.98. The van der Waals surface area contributed by atoms with Crippen LogP contribution >= 0.6 is 0 Å². The summed E-state index contributed by atoms with van der Waals surface area (Å²) < 4.78 is 29.2. The molecule has 4 rings (SSSR count). The number of likely N-dealkylation sites (tertiary alicyclic amines) is 1. The zero-order valence-electron chi connectivity index (χ0n) is 17.2. The van der Waals surface area contributed by atoms with Crippen molar-refractivity contribution < 1.29 is 22.7 Å². The Balaban J connectivity index is 1.28. The Morgan fingerprint density at radius 2 is 1.87 bits per heavy atom. The normalized spacial score (nSPS) is 22.5. The minimum atomic E-state index is -3.07. The second-order valence-corrected chi connectivity index (χ2v) is 10.4. The highest BCUT2D eigenvalue weighted by atomic mass is 32.2. The summed E-state index contributed by atoms with van der Waals surface area (Å²) in [4.78, 5) is 26.5. The van der Waals surface area contributed by atoms with Crippen molar-refractivity contribution in [3.63, 3.8) is 0 Å². The van der Waals surface area contributed by atoms with Gasteiger partial charge in [0.25, 0.3) is 0 Å². The maximum Gasteiger partial charge on any atom is 0.225 e. The molecule has 0 aliphatic carbocycles. The van der Waals surface area contributed by atoms with E-state index >= 15 is 0 Å². The molecule has 2 aromatic carbocycles. The third kappa shape index (κ3) is 5.44. The molecule has 0 saturated carbocycles. The second kappa shape index (κ2) is 9.09. The molecule has 2 fully saturated rings. The Morgan fingerprint density at radius 3 is 2.61 bits per heavy atom. The molecule has 0 bridgehead atoms. The molecule has 7 nitrogen and oxygen atoms in total. The van der Waals surface area contributed by atoms with Crippen LogP contribution in [0.5, 0.6) is 5.75 Å². The molecule has 2 heterocycles. The summed E-state index contributed by atoms with van der Waals surface area (Å²) >= 11 is 0. The van der Waals surface area contributed by atoms with Crippen molar-refractivity contribution >= 4 is 21.7 Å². The quantitative estimate of drug-likeness (QED) is 0.707. The lowest BCUT2D eigenvalue weighted by Gasteiger charge is -2.22. The zero-order chi connectivity index (χ0) is 21.8. The zero-order valence-corrected chi connectivity index (χ0v) is 18.0. The molecule has 1 N–H and O–H groups in total. The molecule has 0 aromatic heterocycles. The molecule has 2 amide bonds. The largest absolute Gasteiger partial charge is 0.489 e. The number of carbonyl (C=O) groups excluding carboxylic acids is 2. The van der Waals surface area contributed by atoms with Gasteiger partial charge in [-0.15, -0.1) is 0 Å². The van der Waals surface area contributed by atoms with Crippen LogP contribution in [-0.4, -0.2) is 49.2 Å². The van der Waals surface area contributed by atoms with E-state index in [4.69, 9.17) is 4.74 Å². The van der Waals surface area contributed by atoms with Crippen LogP contribution in [0.1, 0.15) is 24.0 Å². The Morgan fingerprint density at radius 1 is 1.10 bits per heavy atom. The van der Waals surface area contributed by atoms with Crippen LogP contribution < -0.4 is 10.1 Å².